The fourth-order valence-corrected chi connectivity index (χ4v) is 1.36. The van der Waals surface area contributed by atoms with Crippen LogP contribution in [0.15, 0.2) is 24.3 Å². The summed E-state index contributed by atoms with van der Waals surface area (Å²) in [4.78, 5) is 12.7. The molecular formula is C12H16ClNO3. The molecule has 0 bridgehead atoms. The van der Waals surface area contributed by atoms with Gasteiger partial charge in [0.25, 0.3) is 0 Å². The lowest BCUT2D eigenvalue weighted by Crippen LogP contribution is -2.31. The van der Waals surface area contributed by atoms with Crippen molar-refractivity contribution in [3.63, 3.8) is 0 Å². The maximum Gasteiger partial charge on any atom is 0.409 e. The van der Waals surface area contributed by atoms with E-state index in [2.05, 4.69) is 0 Å². The fraction of sp³-hybridized carbons (Fsp3) is 0.417. The summed E-state index contributed by atoms with van der Waals surface area (Å²) in [5, 5.41) is 0.626. The Morgan fingerprint density at radius 3 is 2.88 bits per heavy atom. The van der Waals surface area contributed by atoms with E-state index < -0.39 is 0 Å². The van der Waals surface area contributed by atoms with Gasteiger partial charge in [0.2, 0.25) is 0 Å². The normalized spacial score (nSPS) is 9.82. The van der Waals surface area contributed by atoms with E-state index in [1.807, 2.05) is 12.1 Å². The van der Waals surface area contributed by atoms with Crippen LogP contribution in [0.5, 0.6) is 5.75 Å². The summed E-state index contributed by atoms with van der Waals surface area (Å²) in [7, 11) is 1.67. The number of ether oxygens (including phenoxy) is 2. The number of carbonyl (C=O) groups is 1. The molecule has 17 heavy (non-hydrogen) atoms. The van der Waals surface area contributed by atoms with Gasteiger partial charge < -0.3 is 14.4 Å². The molecule has 0 aliphatic carbocycles. The van der Waals surface area contributed by atoms with Gasteiger partial charge in [-0.05, 0) is 25.1 Å². The van der Waals surface area contributed by atoms with Crippen molar-refractivity contribution in [1.29, 1.82) is 0 Å². The van der Waals surface area contributed by atoms with Gasteiger partial charge >= 0.3 is 6.09 Å². The molecular weight excluding hydrogens is 242 g/mol. The number of benzene rings is 1. The van der Waals surface area contributed by atoms with Crippen molar-refractivity contribution in [2.75, 3.05) is 26.8 Å². The lowest BCUT2D eigenvalue weighted by Gasteiger charge is -2.16. The lowest BCUT2D eigenvalue weighted by atomic mass is 10.3. The Morgan fingerprint density at radius 1 is 1.47 bits per heavy atom. The first kappa shape index (κ1) is 13.6. The SMILES string of the molecule is CCOC(=O)N(C)CCOc1cccc(Cl)c1. The van der Waals surface area contributed by atoms with Gasteiger partial charge in [-0.25, -0.2) is 4.79 Å². The molecule has 0 aromatic heterocycles. The number of rotatable bonds is 5. The highest BCUT2D eigenvalue weighted by Gasteiger charge is 2.08. The second kappa shape index (κ2) is 7.01. The maximum absolute atomic E-state index is 11.3. The van der Waals surface area contributed by atoms with Gasteiger partial charge in [-0.3, -0.25) is 0 Å². The van der Waals surface area contributed by atoms with Crippen molar-refractivity contribution in [3.8, 4) is 5.75 Å². The average Bonchev–Trinajstić information content (AvgIpc) is 2.29. The summed E-state index contributed by atoms with van der Waals surface area (Å²) >= 11 is 5.81. The van der Waals surface area contributed by atoms with E-state index in [0.717, 1.165) is 0 Å². The molecule has 5 heteroatoms. The number of hydrogen-bond donors (Lipinski definition) is 0. The molecule has 0 saturated heterocycles. The van der Waals surface area contributed by atoms with Gasteiger partial charge in [-0.1, -0.05) is 17.7 Å². The summed E-state index contributed by atoms with van der Waals surface area (Å²) in [6.45, 7) is 3.01. The molecule has 1 aromatic rings. The van der Waals surface area contributed by atoms with Crippen LogP contribution in [0.4, 0.5) is 4.79 Å². The quantitative estimate of drug-likeness (QED) is 0.814. The summed E-state index contributed by atoms with van der Waals surface area (Å²) in [5.74, 6) is 0.690. The Bertz CT molecular complexity index is 371. The van der Waals surface area contributed by atoms with Crippen molar-refractivity contribution in [2.45, 2.75) is 6.92 Å². The molecule has 0 spiro atoms. The van der Waals surface area contributed by atoms with Crippen molar-refractivity contribution in [2.24, 2.45) is 0 Å². The molecule has 0 aliphatic rings. The van der Waals surface area contributed by atoms with Crippen molar-refractivity contribution in [3.05, 3.63) is 29.3 Å². The van der Waals surface area contributed by atoms with Crippen LogP contribution in [0.2, 0.25) is 5.02 Å². The molecule has 0 unspecified atom stereocenters. The van der Waals surface area contributed by atoms with Crippen molar-refractivity contribution in [1.82, 2.24) is 4.90 Å². The molecule has 0 N–H and O–H groups in total. The zero-order valence-electron chi connectivity index (χ0n) is 9.98. The standard InChI is InChI=1S/C12H16ClNO3/c1-3-16-12(15)14(2)7-8-17-11-6-4-5-10(13)9-11/h4-6,9H,3,7-8H2,1-2H3. The minimum atomic E-state index is -0.345. The molecule has 1 aromatic carbocycles. The number of amides is 1. The molecule has 0 saturated carbocycles. The average molecular weight is 258 g/mol. The van der Waals surface area contributed by atoms with Gasteiger partial charge in [-0.15, -0.1) is 0 Å². The third-order valence-electron chi connectivity index (χ3n) is 2.07. The van der Waals surface area contributed by atoms with E-state index in [1.54, 1.807) is 26.1 Å². The van der Waals surface area contributed by atoms with Crippen LogP contribution in [0.1, 0.15) is 6.92 Å². The summed E-state index contributed by atoms with van der Waals surface area (Å²) < 4.78 is 10.3. The van der Waals surface area contributed by atoms with Crippen LogP contribution in [-0.4, -0.2) is 37.8 Å². The predicted molar refractivity (Wildman–Crippen MR) is 66.6 cm³/mol. The van der Waals surface area contributed by atoms with Crippen LogP contribution >= 0.6 is 11.6 Å². The zero-order valence-corrected chi connectivity index (χ0v) is 10.7. The second-order valence-electron chi connectivity index (χ2n) is 3.43. The van der Waals surface area contributed by atoms with E-state index in [9.17, 15) is 4.79 Å². The molecule has 0 aliphatic heterocycles. The van der Waals surface area contributed by atoms with Gasteiger partial charge in [-0.2, -0.15) is 0 Å². The summed E-state index contributed by atoms with van der Waals surface area (Å²) in [6, 6.07) is 7.13. The molecule has 0 fully saturated rings. The van der Waals surface area contributed by atoms with Crippen molar-refractivity contribution < 1.29 is 14.3 Å². The second-order valence-corrected chi connectivity index (χ2v) is 3.86. The predicted octanol–water partition coefficient (Wildman–Crippen LogP) is 2.81. The highest BCUT2D eigenvalue weighted by Crippen LogP contribution is 2.16. The van der Waals surface area contributed by atoms with Gasteiger partial charge in [0.1, 0.15) is 12.4 Å². The first-order chi connectivity index (χ1) is 8.13. The lowest BCUT2D eigenvalue weighted by molar-refractivity contribution is 0.110. The molecule has 0 heterocycles. The maximum atomic E-state index is 11.3. The summed E-state index contributed by atoms with van der Waals surface area (Å²) in [5.41, 5.74) is 0. The number of carbonyl (C=O) groups excluding carboxylic acids is 1. The number of halogens is 1. The smallest absolute Gasteiger partial charge is 0.409 e. The van der Waals surface area contributed by atoms with E-state index in [4.69, 9.17) is 21.1 Å². The Hall–Kier alpha value is -1.42. The Morgan fingerprint density at radius 2 is 2.24 bits per heavy atom. The first-order valence-corrected chi connectivity index (χ1v) is 5.77. The van der Waals surface area contributed by atoms with Crippen LogP contribution < -0.4 is 4.74 Å². The van der Waals surface area contributed by atoms with Crippen molar-refractivity contribution >= 4 is 17.7 Å². The molecule has 1 rings (SSSR count). The fourth-order valence-electron chi connectivity index (χ4n) is 1.18. The highest BCUT2D eigenvalue weighted by molar-refractivity contribution is 6.30. The largest absolute Gasteiger partial charge is 0.492 e. The van der Waals surface area contributed by atoms with E-state index in [0.29, 0.717) is 30.5 Å². The highest BCUT2D eigenvalue weighted by atomic mass is 35.5. The van der Waals surface area contributed by atoms with E-state index in [1.165, 1.54) is 4.90 Å². The van der Waals surface area contributed by atoms with Crippen LogP contribution in [-0.2, 0) is 4.74 Å². The third-order valence-corrected chi connectivity index (χ3v) is 2.31. The van der Waals surface area contributed by atoms with Crippen LogP contribution in [0.3, 0.4) is 0 Å². The van der Waals surface area contributed by atoms with E-state index in [-0.39, 0.29) is 6.09 Å². The monoisotopic (exact) mass is 257 g/mol. The number of nitrogens with zero attached hydrogens (tertiary/aromatic N) is 1. The minimum Gasteiger partial charge on any atom is -0.492 e. The molecule has 0 atom stereocenters. The Labute approximate surface area is 106 Å². The zero-order chi connectivity index (χ0) is 12.7. The Kier molecular flexibility index (Phi) is 5.63. The molecule has 0 radical (unpaired) electrons. The van der Waals surface area contributed by atoms with Crippen LogP contribution in [0, 0.1) is 0 Å². The number of hydrogen-bond acceptors (Lipinski definition) is 3. The van der Waals surface area contributed by atoms with Crippen LogP contribution in [0.25, 0.3) is 0 Å². The van der Waals surface area contributed by atoms with Gasteiger partial charge in [0.05, 0.1) is 13.2 Å². The molecule has 94 valence electrons. The topological polar surface area (TPSA) is 38.8 Å². The summed E-state index contributed by atoms with van der Waals surface area (Å²) in [6.07, 6.45) is -0.345. The minimum absolute atomic E-state index is 0.345. The third kappa shape index (κ3) is 4.95. The molecule has 1 amide bonds. The first-order valence-electron chi connectivity index (χ1n) is 5.39. The van der Waals surface area contributed by atoms with Gasteiger partial charge in [0.15, 0.2) is 0 Å². The Balaban J connectivity index is 2.30. The molecule has 4 nitrogen and oxygen atoms in total. The van der Waals surface area contributed by atoms with E-state index >= 15 is 0 Å². The van der Waals surface area contributed by atoms with Gasteiger partial charge in [0, 0.05) is 12.1 Å². The number of likely N-dealkylation sites (N-methyl/N-ethyl adjacent to an activating group) is 1.